The third-order valence-corrected chi connectivity index (χ3v) is 13.5. The van der Waals surface area contributed by atoms with Gasteiger partial charge in [0.2, 0.25) is 0 Å². The molecule has 5 rings (SSSR count). The number of rotatable bonds is 22. The van der Waals surface area contributed by atoms with Gasteiger partial charge in [0.05, 0.1) is 9.75 Å². The lowest BCUT2D eigenvalue weighted by Gasteiger charge is -2.34. The van der Waals surface area contributed by atoms with Gasteiger partial charge in [0, 0.05) is 20.6 Å². The Morgan fingerprint density at radius 3 is 1.07 bits per heavy atom. The molecule has 2 aliphatic rings. The Morgan fingerprint density at radius 2 is 0.783 bits per heavy atom. The lowest BCUT2D eigenvalue weighted by molar-refractivity contribution is 0.111. The van der Waals surface area contributed by atoms with Gasteiger partial charge in [-0.2, -0.15) is 0 Å². The molecule has 2 heterocycles. The van der Waals surface area contributed by atoms with Crippen molar-refractivity contribution < 1.29 is 9.59 Å². The number of carbonyl (C=O) groups excluding carboxylic acids is 2. The van der Waals surface area contributed by atoms with Crippen LogP contribution in [0.4, 0.5) is 0 Å². The molecule has 0 spiro atoms. The van der Waals surface area contributed by atoms with Crippen molar-refractivity contribution in [1.82, 2.24) is 0 Å². The highest BCUT2D eigenvalue weighted by molar-refractivity contribution is 7.17. The van der Waals surface area contributed by atoms with E-state index in [0.717, 1.165) is 48.0 Å². The second-order valence-corrected chi connectivity index (χ2v) is 16.5. The number of aldehydes is 2. The zero-order valence-corrected chi connectivity index (χ0v) is 30.9. The molecule has 2 nitrogen and oxygen atoms in total. The van der Waals surface area contributed by atoms with Gasteiger partial charge in [-0.25, -0.2) is 0 Å². The average Bonchev–Trinajstić information content (AvgIpc) is 3.81. The molecule has 0 amide bonds. The Labute approximate surface area is 287 Å². The normalized spacial score (nSPS) is 15.0. The molecule has 4 heteroatoms. The molecule has 0 atom stereocenters. The SMILES string of the molecule is CCCCCCC1(CCCCCC)c2cc3c(cc2-c2sc(C=O)cc21)C(CCCCCC)(CCCCCC)c1cc(C=O)sc1-3. The summed E-state index contributed by atoms with van der Waals surface area (Å²) in [7, 11) is 0. The van der Waals surface area contributed by atoms with Crippen LogP contribution in [0.25, 0.3) is 20.9 Å². The molecular formula is C42H58O2S2. The van der Waals surface area contributed by atoms with E-state index >= 15 is 0 Å². The molecule has 0 fully saturated rings. The van der Waals surface area contributed by atoms with Gasteiger partial charge in [-0.15, -0.1) is 22.7 Å². The molecule has 46 heavy (non-hydrogen) atoms. The Kier molecular flexibility index (Phi) is 12.6. The highest BCUT2D eigenvalue weighted by Gasteiger charge is 2.49. The molecule has 0 saturated heterocycles. The van der Waals surface area contributed by atoms with Crippen molar-refractivity contribution in [3.63, 3.8) is 0 Å². The summed E-state index contributed by atoms with van der Waals surface area (Å²) in [6, 6.07) is 9.76. The van der Waals surface area contributed by atoms with Crippen LogP contribution in [0.15, 0.2) is 24.3 Å². The standard InChI is InChI=1S/C42H58O2S2/c1-5-9-13-17-21-41(22-18-14-10-6-2)35-27-34-36(28-33(35)39-37(41)25-31(29-43)45-39)42(23-19-15-11-7-3,24-20-16-12-8-4)38-26-32(30-44)46-40(34)38/h25-30H,5-24H2,1-4H3. The van der Waals surface area contributed by atoms with Crippen LogP contribution in [0.2, 0.25) is 0 Å². The molecule has 1 aromatic carbocycles. The largest absolute Gasteiger partial charge is 0.297 e. The first-order chi connectivity index (χ1) is 22.5. The van der Waals surface area contributed by atoms with E-state index in [9.17, 15) is 9.59 Å². The number of fused-ring (bicyclic) bond motifs is 6. The van der Waals surface area contributed by atoms with Gasteiger partial charge in [-0.05, 0) is 83.3 Å². The first-order valence-corrected chi connectivity index (χ1v) is 20.6. The minimum absolute atomic E-state index is 0.0304. The molecule has 250 valence electrons. The maximum Gasteiger partial charge on any atom is 0.160 e. The monoisotopic (exact) mass is 658 g/mol. The molecule has 0 radical (unpaired) electrons. The Hall–Kier alpha value is -2.04. The smallest absolute Gasteiger partial charge is 0.160 e. The first-order valence-electron chi connectivity index (χ1n) is 18.9. The van der Waals surface area contributed by atoms with E-state index < -0.39 is 0 Å². The number of hydrogen-bond acceptors (Lipinski definition) is 4. The van der Waals surface area contributed by atoms with Crippen LogP contribution in [0.1, 0.15) is 198 Å². The number of hydrogen-bond donors (Lipinski definition) is 0. The molecule has 0 bridgehead atoms. The van der Waals surface area contributed by atoms with E-state index in [4.69, 9.17) is 0 Å². The van der Waals surface area contributed by atoms with Gasteiger partial charge in [0.15, 0.2) is 12.6 Å². The first kappa shape index (κ1) is 35.3. The third kappa shape index (κ3) is 6.77. The lowest BCUT2D eigenvalue weighted by atomic mass is 9.68. The number of benzene rings is 1. The molecule has 2 aliphatic carbocycles. The summed E-state index contributed by atoms with van der Waals surface area (Å²) in [4.78, 5) is 28.9. The van der Waals surface area contributed by atoms with Crippen LogP contribution >= 0.6 is 22.7 Å². The van der Waals surface area contributed by atoms with Crippen molar-refractivity contribution in [2.45, 2.75) is 167 Å². The summed E-state index contributed by atoms with van der Waals surface area (Å²) in [6.07, 6.45) is 26.9. The summed E-state index contributed by atoms with van der Waals surface area (Å²) in [5.41, 5.74) is 8.65. The van der Waals surface area contributed by atoms with Crippen molar-refractivity contribution >= 4 is 35.2 Å². The van der Waals surface area contributed by atoms with Crippen LogP contribution in [0.3, 0.4) is 0 Å². The predicted molar refractivity (Wildman–Crippen MR) is 200 cm³/mol. The maximum absolute atomic E-state index is 12.2. The maximum atomic E-state index is 12.2. The van der Waals surface area contributed by atoms with Crippen LogP contribution < -0.4 is 0 Å². The summed E-state index contributed by atoms with van der Waals surface area (Å²) in [6.45, 7) is 9.19. The van der Waals surface area contributed by atoms with Crippen molar-refractivity contribution in [3.8, 4) is 20.9 Å². The van der Waals surface area contributed by atoms with Crippen LogP contribution in [0, 0.1) is 0 Å². The van der Waals surface area contributed by atoms with Crippen LogP contribution in [0.5, 0.6) is 0 Å². The van der Waals surface area contributed by atoms with Crippen LogP contribution in [-0.2, 0) is 10.8 Å². The summed E-state index contributed by atoms with van der Waals surface area (Å²) in [5.74, 6) is 0. The lowest BCUT2D eigenvalue weighted by Crippen LogP contribution is -2.27. The van der Waals surface area contributed by atoms with E-state index in [2.05, 4.69) is 52.0 Å². The third-order valence-electron chi connectivity index (χ3n) is 11.3. The van der Waals surface area contributed by atoms with Gasteiger partial charge >= 0.3 is 0 Å². The van der Waals surface area contributed by atoms with Gasteiger partial charge in [0.25, 0.3) is 0 Å². The Balaban J connectivity index is 1.69. The highest BCUT2D eigenvalue weighted by Crippen LogP contribution is 2.63. The van der Waals surface area contributed by atoms with Crippen molar-refractivity contribution in [2.24, 2.45) is 0 Å². The van der Waals surface area contributed by atoms with E-state index in [1.165, 1.54) is 146 Å². The highest BCUT2D eigenvalue weighted by atomic mass is 32.1. The minimum atomic E-state index is -0.0304. The molecule has 0 aliphatic heterocycles. The van der Waals surface area contributed by atoms with E-state index in [0.29, 0.717) is 0 Å². The van der Waals surface area contributed by atoms with Crippen LogP contribution in [-0.4, -0.2) is 12.6 Å². The summed E-state index contributed by atoms with van der Waals surface area (Å²) < 4.78 is 0. The zero-order valence-electron chi connectivity index (χ0n) is 29.2. The molecule has 3 aromatic rings. The minimum Gasteiger partial charge on any atom is -0.297 e. The van der Waals surface area contributed by atoms with Gasteiger partial charge < -0.3 is 0 Å². The van der Waals surface area contributed by atoms with Crippen molar-refractivity contribution in [1.29, 1.82) is 0 Å². The van der Waals surface area contributed by atoms with Crippen molar-refractivity contribution in [2.75, 3.05) is 0 Å². The quantitative estimate of drug-likeness (QED) is 0.0795. The second kappa shape index (κ2) is 16.4. The number of thiophene rings is 2. The van der Waals surface area contributed by atoms with E-state index in [-0.39, 0.29) is 10.8 Å². The second-order valence-electron chi connectivity index (χ2n) is 14.4. The fraction of sp³-hybridized carbons (Fsp3) is 0.619. The van der Waals surface area contributed by atoms with Crippen molar-refractivity contribution in [3.05, 3.63) is 56.3 Å². The van der Waals surface area contributed by atoms with E-state index in [1.54, 1.807) is 22.7 Å². The number of unbranched alkanes of at least 4 members (excludes halogenated alkanes) is 12. The van der Waals surface area contributed by atoms with E-state index in [1.807, 2.05) is 0 Å². The van der Waals surface area contributed by atoms with Gasteiger partial charge in [-0.3, -0.25) is 9.59 Å². The molecular weight excluding hydrogens is 601 g/mol. The van der Waals surface area contributed by atoms with Gasteiger partial charge in [-0.1, -0.05) is 130 Å². The fourth-order valence-electron chi connectivity index (χ4n) is 8.85. The Morgan fingerprint density at radius 1 is 0.457 bits per heavy atom. The number of carbonyl (C=O) groups is 2. The fourth-order valence-corrected chi connectivity index (χ4v) is 11.1. The molecule has 0 unspecified atom stereocenters. The van der Waals surface area contributed by atoms with Gasteiger partial charge in [0.1, 0.15) is 0 Å². The molecule has 0 saturated carbocycles. The Bertz CT molecular complexity index is 1320. The molecule has 0 N–H and O–H groups in total. The zero-order chi connectivity index (χ0) is 32.6. The molecule has 2 aromatic heterocycles. The summed E-state index contributed by atoms with van der Waals surface area (Å²) in [5, 5.41) is 0. The topological polar surface area (TPSA) is 34.1 Å². The average molecular weight is 659 g/mol. The predicted octanol–water partition coefficient (Wildman–Crippen LogP) is 13.8. The summed E-state index contributed by atoms with van der Waals surface area (Å²) >= 11 is 3.46.